The summed E-state index contributed by atoms with van der Waals surface area (Å²) in [5.74, 6) is 1.72. The Morgan fingerprint density at radius 3 is 1.55 bits per heavy atom. The highest BCUT2D eigenvalue weighted by Crippen LogP contribution is 2.49. The molecule has 67 heavy (non-hydrogen) atoms. The minimum Gasteiger partial charge on any atom is -0.456 e. The number of para-hydroxylation sites is 1. The van der Waals surface area contributed by atoms with Crippen molar-refractivity contribution >= 4 is 49.6 Å². The van der Waals surface area contributed by atoms with Crippen molar-refractivity contribution in [2.75, 3.05) is 4.90 Å². The highest BCUT2D eigenvalue weighted by atomic mass is 16.5. The van der Waals surface area contributed by atoms with Gasteiger partial charge in [0.15, 0.2) is 0 Å². The first kappa shape index (κ1) is 38.5. The molecule has 3 nitrogen and oxygen atoms in total. The molecule has 0 unspecified atom stereocenters. The number of hydrogen-bond donors (Lipinski definition) is 0. The molecule has 2 heterocycles. The molecule has 1 aromatic heterocycles. The normalized spacial score (nSPS) is 11.7. The van der Waals surface area contributed by atoms with E-state index in [2.05, 4.69) is 264 Å². The number of ether oxygens (including phenoxy) is 1. The van der Waals surface area contributed by atoms with E-state index in [0.717, 1.165) is 73.0 Å². The van der Waals surface area contributed by atoms with E-state index in [1.807, 2.05) is 0 Å². The molecule has 0 bridgehead atoms. The molecular weight excluding hydrogens is 813 g/mol. The van der Waals surface area contributed by atoms with Gasteiger partial charge in [0, 0.05) is 50.5 Å². The Labute approximate surface area is 389 Å². The summed E-state index contributed by atoms with van der Waals surface area (Å²) in [5, 5.41) is 4.79. The first-order valence-corrected chi connectivity index (χ1v) is 22.9. The Balaban J connectivity index is 0.932. The number of hydrogen-bond acceptors (Lipinski definition) is 2. The van der Waals surface area contributed by atoms with Gasteiger partial charge in [-0.05, 0) is 134 Å². The summed E-state index contributed by atoms with van der Waals surface area (Å²) in [6.45, 7) is 0. The van der Waals surface area contributed by atoms with Gasteiger partial charge in [0.2, 0.25) is 0 Å². The summed E-state index contributed by atoms with van der Waals surface area (Å²) in [7, 11) is 0. The second kappa shape index (κ2) is 16.0. The minimum absolute atomic E-state index is 0.840. The Morgan fingerprint density at radius 1 is 0.299 bits per heavy atom. The molecule has 0 amide bonds. The van der Waals surface area contributed by atoms with Crippen molar-refractivity contribution in [1.29, 1.82) is 0 Å². The van der Waals surface area contributed by atoms with Crippen molar-refractivity contribution < 1.29 is 4.74 Å². The zero-order valence-electron chi connectivity index (χ0n) is 36.6. The molecule has 0 saturated heterocycles. The van der Waals surface area contributed by atoms with Crippen LogP contribution in [0.2, 0.25) is 0 Å². The average molecular weight is 855 g/mol. The van der Waals surface area contributed by atoms with Crippen LogP contribution >= 0.6 is 0 Å². The fourth-order valence-corrected chi connectivity index (χ4v) is 10.1. The maximum absolute atomic E-state index is 6.77. The van der Waals surface area contributed by atoms with E-state index >= 15 is 0 Å². The molecule has 1 aliphatic heterocycles. The van der Waals surface area contributed by atoms with Gasteiger partial charge in [-0.15, -0.1) is 0 Å². The second-order valence-corrected chi connectivity index (χ2v) is 17.3. The molecule has 1 aliphatic rings. The predicted molar refractivity (Wildman–Crippen MR) is 280 cm³/mol. The molecule has 314 valence electrons. The third-order valence-corrected chi connectivity index (χ3v) is 13.4. The molecule has 12 aromatic rings. The number of anilines is 3. The fraction of sp³-hybridized carbons (Fsp3) is 0. The number of aromatic nitrogens is 1. The van der Waals surface area contributed by atoms with Crippen LogP contribution in [0.1, 0.15) is 0 Å². The van der Waals surface area contributed by atoms with E-state index < -0.39 is 0 Å². The van der Waals surface area contributed by atoms with Gasteiger partial charge in [0.1, 0.15) is 11.5 Å². The summed E-state index contributed by atoms with van der Waals surface area (Å²) < 4.78 is 9.15. The first-order chi connectivity index (χ1) is 33.2. The lowest BCUT2D eigenvalue weighted by atomic mass is 9.94. The molecule has 3 heteroatoms. The third kappa shape index (κ3) is 6.76. The van der Waals surface area contributed by atoms with Gasteiger partial charge < -0.3 is 14.2 Å². The van der Waals surface area contributed by atoms with Gasteiger partial charge in [-0.25, -0.2) is 0 Å². The molecule has 0 saturated carbocycles. The molecule has 0 aliphatic carbocycles. The van der Waals surface area contributed by atoms with Crippen LogP contribution < -0.4 is 9.64 Å². The SMILES string of the molecule is c1ccc(-c2ccc(-n3c4ccccc4c4cc(-c5ccc(N(c6cc(-c7ccccc7)cc(-c7ccccc7)c6)c6ccc7c(c6)Oc6cccc8cccc-7c68)cc5)ccc43)cc2)cc1. The zero-order valence-corrected chi connectivity index (χ0v) is 36.6. The van der Waals surface area contributed by atoms with Crippen molar-refractivity contribution in [3.8, 4) is 72.8 Å². The maximum atomic E-state index is 6.77. The third-order valence-electron chi connectivity index (χ3n) is 13.4. The molecular formula is C64H42N2O. The highest BCUT2D eigenvalue weighted by Gasteiger charge is 2.23. The standard InChI is InChI=1S/C64H42N2O/c1-4-14-43(15-5-1)46-26-33-53(34-27-46)66-60-24-11-10-22-56(60)59-41-49(30-37-61(59)66)47-28-31-52(32-29-47)65(54-35-36-57-58-23-12-20-48-21-13-25-62(64(48)58)67-63(57)42-54)55-39-50(44-16-6-2-7-17-44)38-51(40-55)45-18-8-3-9-19-45/h1-42H. The number of fused-ring (bicyclic) bond motifs is 5. The van der Waals surface area contributed by atoms with Crippen molar-refractivity contribution in [2.24, 2.45) is 0 Å². The van der Waals surface area contributed by atoms with Gasteiger partial charge in [-0.1, -0.05) is 170 Å². The smallest absolute Gasteiger partial charge is 0.137 e. The van der Waals surface area contributed by atoms with Gasteiger partial charge in [-0.3, -0.25) is 0 Å². The van der Waals surface area contributed by atoms with E-state index in [1.54, 1.807) is 0 Å². The summed E-state index contributed by atoms with van der Waals surface area (Å²) in [4.78, 5) is 2.37. The molecule has 0 atom stereocenters. The quantitative estimate of drug-likeness (QED) is 0.151. The Kier molecular flexibility index (Phi) is 9.17. The number of rotatable bonds is 8. The summed E-state index contributed by atoms with van der Waals surface area (Å²) in [6.07, 6.45) is 0. The number of benzene rings is 11. The minimum atomic E-state index is 0.840. The molecule has 0 radical (unpaired) electrons. The predicted octanol–water partition coefficient (Wildman–Crippen LogP) is 17.8. The highest BCUT2D eigenvalue weighted by molar-refractivity contribution is 6.10. The van der Waals surface area contributed by atoms with E-state index in [9.17, 15) is 0 Å². The van der Waals surface area contributed by atoms with Crippen LogP contribution in [-0.4, -0.2) is 4.57 Å². The zero-order chi connectivity index (χ0) is 44.3. The van der Waals surface area contributed by atoms with E-state index in [0.29, 0.717) is 0 Å². The molecule has 0 N–H and O–H groups in total. The average Bonchev–Trinajstić information content (AvgIpc) is 3.73. The van der Waals surface area contributed by atoms with Crippen molar-refractivity contribution in [3.05, 3.63) is 255 Å². The molecule has 13 rings (SSSR count). The summed E-state index contributed by atoms with van der Waals surface area (Å²) in [5.41, 5.74) is 18.3. The van der Waals surface area contributed by atoms with Gasteiger partial charge in [-0.2, -0.15) is 0 Å². The Morgan fingerprint density at radius 2 is 0.851 bits per heavy atom. The van der Waals surface area contributed by atoms with Gasteiger partial charge in [0.05, 0.1) is 11.0 Å². The van der Waals surface area contributed by atoms with Crippen LogP contribution in [-0.2, 0) is 0 Å². The van der Waals surface area contributed by atoms with E-state index in [1.165, 1.54) is 49.4 Å². The van der Waals surface area contributed by atoms with Crippen molar-refractivity contribution in [3.63, 3.8) is 0 Å². The Hall–Kier alpha value is -8.92. The largest absolute Gasteiger partial charge is 0.456 e. The summed E-state index contributed by atoms with van der Waals surface area (Å²) in [6, 6.07) is 91.9. The lowest BCUT2D eigenvalue weighted by Gasteiger charge is -2.29. The molecule has 0 spiro atoms. The van der Waals surface area contributed by atoms with Gasteiger partial charge >= 0.3 is 0 Å². The van der Waals surface area contributed by atoms with Crippen molar-refractivity contribution in [1.82, 2.24) is 4.57 Å². The van der Waals surface area contributed by atoms with Gasteiger partial charge in [0.25, 0.3) is 0 Å². The lowest BCUT2D eigenvalue weighted by Crippen LogP contribution is -2.11. The number of nitrogens with zero attached hydrogens (tertiary/aromatic N) is 2. The monoisotopic (exact) mass is 854 g/mol. The van der Waals surface area contributed by atoms with E-state index in [-0.39, 0.29) is 0 Å². The van der Waals surface area contributed by atoms with Crippen LogP contribution in [0.4, 0.5) is 17.1 Å². The van der Waals surface area contributed by atoms with Crippen molar-refractivity contribution in [2.45, 2.75) is 0 Å². The van der Waals surface area contributed by atoms with E-state index in [4.69, 9.17) is 4.74 Å². The van der Waals surface area contributed by atoms with Crippen LogP contribution in [0.25, 0.3) is 93.9 Å². The van der Waals surface area contributed by atoms with Crippen LogP contribution in [0, 0.1) is 0 Å². The molecule has 11 aromatic carbocycles. The summed E-state index contributed by atoms with van der Waals surface area (Å²) >= 11 is 0. The first-order valence-electron chi connectivity index (χ1n) is 22.9. The topological polar surface area (TPSA) is 17.4 Å². The van der Waals surface area contributed by atoms with Crippen LogP contribution in [0.15, 0.2) is 255 Å². The van der Waals surface area contributed by atoms with Crippen LogP contribution in [0.5, 0.6) is 11.5 Å². The maximum Gasteiger partial charge on any atom is 0.137 e. The Bertz CT molecular complexity index is 3740. The lowest BCUT2D eigenvalue weighted by molar-refractivity contribution is 0.487. The second-order valence-electron chi connectivity index (χ2n) is 17.3. The molecule has 0 fully saturated rings. The fourth-order valence-electron chi connectivity index (χ4n) is 10.1. The van der Waals surface area contributed by atoms with Crippen LogP contribution in [0.3, 0.4) is 0 Å².